The zero-order valence-corrected chi connectivity index (χ0v) is 25.4. The summed E-state index contributed by atoms with van der Waals surface area (Å²) in [5.41, 5.74) is 6.34. The first-order valence-electron chi connectivity index (χ1n) is 12.9. The molecule has 1 fully saturated rings. The van der Waals surface area contributed by atoms with Gasteiger partial charge in [0.05, 0.1) is 22.6 Å². The number of sulfonamides is 1. The maximum absolute atomic E-state index is 13.7. The van der Waals surface area contributed by atoms with E-state index in [4.69, 9.17) is 0 Å². The first-order valence-corrected chi connectivity index (χ1v) is 15.1. The lowest BCUT2D eigenvalue weighted by Gasteiger charge is -2.35. The minimum Gasteiger partial charge on any atom is -0.336 e. The van der Waals surface area contributed by atoms with E-state index in [-0.39, 0.29) is 44.4 Å². The predicted octanol–water partition coefficient (Wildman–Crippen LogP) is 5.32. The minimum absolute atomic E-state index is 0.184. The van der Waals surface area contributed by atoms with Crippen molar-refractivity contribution in [3.63, 3.8) is 0 Å². The Bertz CT molecular complexity index is 1500. The van der Waals surface area contributed by atoms with E-state index < -0.39 is 10.0 Å². The molecule has 1 saturated heterocycles. The van der Waals surface area contributed by atoms with Crippen molar-refractivity contribution in [3.8, 4) is 0 Å². The van der Waals surface area contributed by atoms with Crippen LogP contribution in [0.3, 0.4) is 0 Å². The molecule has 1 aliphatic rings. The number of piperazine rings is 1. The van der Waals surface area contributed by atoms with Crippen molar-refractivity contribution in [2.24, 2.45) is 0 Å². The molecule has 39 heavy (non-hydrogen) atoms. The van der Waals surface area contributed by atoms with Gasteiger partial charge in [0.2, 0.25) is 15.9 Å². The van der Waals surface area contributed by atoms with Crippen LogP contribution in [0.5, 0.6) is 0 Å². The zero-order valence-electron chi connectivity index (χ0n) is 23.0. The lowest BCUT2D eigenvalue weighted by Crippen LogP contribution is -2.50. The number of rotatable bonds is 6. The molecule has 0 unspecified atom stereocenters. The van der Waals surface area contributed by atoms with Crippen LogP contribution in [0.1, 0.15) is 43.7 Å². The molecular weight excluding hydrogens is 578 g/mol. The number of amides is 2. The van der Waals surface area contributed by atoms with Crippen molar-refractivity contribution in [2.75, 3.05) is 31.5 Å². The largest absolute Gasteiger partial charge is 0.336 e. The molecule has 0 aromatic heterocycles. The second-order valence-electron chi connectivity index (χ2n) is 10.0. The average Bonchev–Trinajstić information content (AvgIpc) is 2.92. The SMILES string of the molecule is Cc1c(C)c(C)c(S(=O)(=O)N2CCN(C(=O)c3ccccc3NC(=O)Cc3ccc(Br)cc3)CC2)c(C)c1C. The number of carbonyl (C=O) groups is 2. The van der Waals surface area contributed by atoms with E-state index in [9.17, 15) is 18.0 Å². The lowest BCUT2D eigenvalue weighted by atomic mass is 9.95. The Hall–Kier alpha value is -3.01. The monoisotopic (exact) mass is 611 g/mol. The molecule has 1 aliphatic heterocycles. The van der Waals surface area contributed by atoms with Gasteiger partial charge in [0, 0.05) is 30.7 Å². The number of carbonyl (C=O) groups excluding carboxylic acids is 2. The standard InChI is InChI=1S/C30H34BrN3O4S/c1-19-20(2)22(4)29(23(5)21(19)3)39(37,38)34-16-14-33(15-17-34)30(36)26-8-6-7-9-27(26)32-28(35)18-24-10-12-25(31)13-11-24/h6-13H,14-18H2,1-5H3,(H,32,35). The van der Waals surface area contributed by atoms with Crippen LogP contribution in [0, 0.1) is 34.6 Å². The van der Waals surface area contributed by atoms with Gasteiger partial charge in [0.25, 0.3) is 5.91 Å². The zero-order chi connectivity index (χ0) is 28.5. The van der Waals surface area contributed by atoms with E-state index in [1.807, 2.05) is 58.9 Å². The van der Waals surface area contributed by atoms with Crippen LogP contribution in [0.15, 0.2) is 57.9 Å². The third-order valence-corrected chi connectivity index (χ3v) is 10.5. The molecule has 4 rings (SSSR count). The highest BCUT2D eigenvalue weighted by Crippen LogP contribution is 2.32. The summed E-state index contributed by atoms with van der Waals surface area (Å²) in [6, 6.07) is 14.4. The predicted molar refractivity (Wildman–Crippen MR) is 158 cm³/mol. The first kappa shape index (κ1) is 29.0. The summed E-state index contributed by atoms with van der Waals surface area (Å²) < 4.78 is 29.8. The van der Waals surface area contributed by atoms with Gasteiger partial charge in [-0.2, -0.15) is 4.31 Å². The molecule has 0 radical (unpaired) electrons. The number of para-hydroxylation sites is 1. The highest BCUT2D eigenvalue weighted by Gasteiger charge is 2.34. The van der Waals surface area contributed by atoms with Crippen molar-refractivity contribution in [2.45, 2.75) is 45.9 Å². The normalized spacial score (nSPS) is 14.4. The van der Waals surface area contributed by atoms with Gasteiger partial charge in [-0.1, -0.05) is 40.2 Å². The number of hydrogen-bond acceptors (Lipinski definition) is 4. The molecule has 0 bridgehead atoms. The minimum atomic E-state index is -3.72. The summed E-state index contributed by atoms with van der Waals surface area (Å²) in [7, 11) is -3.72. The molecule has 7 nitrogen and oxygen atoms in total. The van der Waals surface area contributed by atoms with Crippen molar-refractivity contribution in [1.29, 1.82) is 0 Å². The average molecular weight is 613 g/mol. The number of benzene rings is 3. The fourth-order valence-corrected chi connectivity index (χ4v) is 7.29. The van der Waals surface area contributed by atoms with Crippen molar-refractivity contribution >= 4 is 43.5 Å². The summed E-state index contributed by atoms with van der Waals surface area (Å²) >= 11 is 3.39. The number of nitrogens with zero attached hydrogens (tertiary/aromatic N) is 2. The number of hydrogen-bond donors (Lipinski definition) is 1. The van der Waals surface area contributed by atoms with Crippen LogP contribution in [-0.4, -0.2) is 55.6 Å². The van der Waals surface area contributed by atoms with E-state index in [0.717, 1.165) is 37.9 Å². The molecule has 3 aromatic carbocycles. The fraction of sp³-hybridized carbons (Fsp3) is 0.333. The molecule has 206 valence electrons. The van der Waals surface area contributed by atoms with Gasteiger partial charge >= 0.3 is 0 Å². The van der Waals surface area contributed by atoms with Crippen LogP contribution < -0.4 is 5.32 Å². The summed E-state index contributed by atoms with van der Waals surface area (Å²) in [6.07, 6.45) is 0.184. The highest BCUT2D eigenvalue weighted by molar-refractivity contribution is 9.10. The van der Waals surface area contributed by atoms with Crippen LogP contribution >= 0.6 is 15.9 Å². The van der Waals surface area contributed by atoms with E-state index >= 15 is 0 Å². The molecular formula is C30H34BrN3O4S. The fourth-order valence-electron chi connectivity index (χ4n) is 5.04. The topological polar surface area (TPSA) is 86.8 Å². The van der Waals surface area contributed by atoms with E-state index in [1.54, 1.807) is 29.2 Å². The third-order valence-electron chi connectivity index (χ3n) is 7.76. The molecule has 1 N–H and O–H groups in total. The number of nitrogens with one attached hydrogen (secondary N) is 1. The smallest absolute Gasteiger partial charge is 0.256 e. The van der Waals surface area contributed by atoms with Gasteiger partial charge in [-0.3, -0.25) is 9.59 Å². The summed E-state index contributed by atoms with van der Waals surface area (Å²) in [5, 5.41) is 2.87. The maximum Gasteiger partial charge on any atom is 0.256 e. The summed E-state index contributed by atoms with van der Waals surface area (Å²) in [5.74, 6) is -0.455. The van der Waals surface area contributed by atoms with Crippen molar-refractivity contribution < 1.29 is 18.0 Å². The highest BCUT2D eigenvalue weighted by atomic mass is 79.9. The van der Waals surface area contributed by atoms with E-state index in [2.05, 4.69) is 21.2 Å². The van der Waals surface area contributed by atoms with Gasteiger partial charge < -0.3 is 10.2 Å². The van der Waals surface area contributed by atoms with E-state index in [0.29, 0.717) is 16.1 Å². The summed E-state index contributed by atoms with van der Waals surface area (Å²) in [6.45, 7) is 10.6. The molecule has 0 aliphatic carbocycles. The Morgan fingerprint density at radius 1 is 0.795 bits per heavy atom. The second kappa shape index (κ2) is 11.6. The third kappa shape index (κ3) is 5.95. The van der Waals surface area contributed by atoms with Gasteiger partial charge in [-0.15, -0.1) is 0 Å². The van der Waals surface area contributed by atoms with Crippen LogP contribution in [0.25, 0.3) is 0 Å². The molecule has 2 amide bonds. The van der Waals surface area contributed by atoms with Crippen molar-refractivity contribution in [1.82, 2.24) is 9.21 Å². The van der Waals surface area contributed by atoms with Crippen LogP contribution in [0.2, 0.25) is 0 Å². The Labute approximate surface area is 239 Å². The Morgan fingerprint density at radius 3 is 1.92 bits per heavy atom. The Kier molecular flexibility index (Phi) is 8.63. The van der Waals surface area contributed by atoms with Gasteiger partial charge in [0.1, 0.15) is 0 Å². The molecule has 0 saturated carbocycles. The summed E-state index contributed by atoms with van der Waals surface area (Å²) in [4.78, 5) is 28.2. The van der Waals surface area contributed by atoms with Crippen LogP contribution in [0.4, 0.5) is 5.69 Å². The quantitative estimate of drug-likeness (QED) is 0.409. The second-order valence-corrected chi connectivity index (χ2v) is 12.8. The first-order chi connectivity index (χ1) is 18.4. The molecule has 3 aromatic rings. The van der Waals surface area contributed by atoms with E-state index in [1.165, 1.54) is 4.31 Å². The van der Waals surface area contributed by atoms with Gasteiger partial charge in [-0.05, 0) is 92.3 Å². The maximum atomic E-state index is 13.7. The molecule has 0 spiro atoms. The number of halogens is 1. The Balaban J connectivity index is 1.47. The van der Waals surface area contributed by atoms with Crippen molar-refractivity contribution in [3.05, 3.63) is 91.9 Å². The molecule has 9 heteroatoms. The van der Waals surface area contributed by atoms with Crippen LogP contribution in [-0.2, 0) is 21.2 Å². The lowest BCUT2D eigenvalue weighted by molar-refractivity contribution is -0.115. The Morgan fingerprint density at radius 2 is 1.33 bits per heavy atom. The number of anilines is 1. The molecule has 1 heterocycles. The van der Waals surface area contributed by atoms with Gasteiger partial charge in [-0.25, -0.2) is 8.42 Å². The molecule has 0 atom stereocenters. The van der Waals surface area contributed by atoms with Gasteiger partial charge in [0.15, 0.2) is 0 Å².